The Labute approximate surface area is 127 Å². The van der Waals surface area contributed by atoms with Gasteiger partial charge in [-0.2, -0.15) is 9.78 Å². The van der Waals surface area contributed by atoms with E-state index in [-0.39, 0.29) is 0 Å². The summed E-state index contributed by atoms with van der Waals surface area (Å²) in [5, 5.41) is 15.3. The maximum Gasteiger partial charge on any atom is 0.345 e. The molecule has 0 atom stereocenters. The molecule has 3 heterocycles. The van der Waals surface area contributed by atoms with Gasteiger partial charge in [0.05, 0.1) is 15.9 Å². The van der Waals surface area contributed by atoms with Crippen molar-refractivity contribution in [1.29, 1.82) is 0 Å². The fourth-order valence-electron chi connectivity index (χ4n) is 2.23. The SMILES string of the molecule is Cc1nn(-c2nc3ccccc3s2)c2sc(C(=O)O)cc12. The number of thiophene rings is 1. The number of benzene rings is 1. The molecular weight excluding hydrogens is 306 g/mol. The fraction of sp³-hybridized carbons (Fsp3) is 0.0714. The van der Waals surface area contributed by atoms with E-state index in [2.05, 4.69) is 10.1 Å². The van der Waals surface area contributed by atoms with Crippen LogP contribution in [-0.4, -0.2) is 25.8 Å². The number of nitrogens with zero attached hydrogens (tertiary/aromatic N) is 3. The summed E-state index contributed by atoms with van der Waals surface area (Å²) in [6.07, 6.45) is 0. The van der Waals surface area contributed by atoms with Crippen LogP contribution in [0.3, 0.4) is 0 Å². The summed E-state index contributed by atoms with van der Waals surface area (Å²) in [7, 11) is 0. The lowest BCUT2D eigenvalue weighted by Crippen LogP contribution is -1.95. The highest BCUT2D eigenvalue weighted by molar-refractivity contribution is 7.22. The Morgan fingerprint density at radius 1 is 1.29 bits per heavy atom. The second kappa shape index (κ2) is 4.37. The van der Waals surface area contributed by atoms with Gasteiger partial charge in [-0.1, -0.05) is 23.5 Å². The molecule has 0 bridgehead atoms. The van der Waals surface area contributed by atoms with Crippen molar-refractivity contribution >= 4 is 49.1 Å². The molecule has 0 saturated heterocycles. The molecule has 0 amide bonds. The molecule has 0 saturated carbocycles. The third-order valence-corrected chi connectivity index (χ3v) is 5.33. The van der Waals surface area contributed by atoms with Gasteiger partial charge in [0.2, 0.25) is 5.13 Å². The lowest BCUT2D eigenvalue weighted by atomic mass is 10.3. The van der Waals surface area contributed by atoms with Gasteiger partial charge in [0.1, 0.15) is 9.71 Å². The summed E-state index contributed by atoms with van der Waals surface area (Å²) in [5.41, 5.74) is 1.74. The van der Waals surface area contributed by atoms with E-state index in [0.29, 0.717) is 4.88 Å². The molecule has 0 aliphatic carbocycles. The first kappa shape index (κ1) is 12.5. The molecule has 21 heavy (non-hydrogen) atoms. The minimum absolute atomic E-state index is 0.320. The minimum Gasteiger partial charge on any atom is -0.477 e. The van der Waals surface area contributed by atoms with Crippen molar-refractivity contribution in [3.05, 3.63) is 40.9 Å². The number of fused-ring (bicyclic) bond motifs is 2. The number of carboxylic acids is 1. The Bertz CT molecular complexity index is 963. The third-order valence-electron chi connectivity index (χ3n) is 3.22. The van der Waals surface area contributed by atoms with E-state index in [1.54, 1.807) is 22.1 Å². The number of aromatic nitrogens is 3. The lowest BCUT2D eigenvalue weighted by Gasteiger charge is -1.94. The standard InChI is InChI=1S/C14H9N3O2S2/c1-7-8-6-11(13(18)19)20-12(8)17(16-7)14-15-9-4-2-3-5-10(9)21-14/h2-6H,1H3,(H,18,19). The molecule has 104 valence electrons. The van der Waals surface area contributed by atoms with E-state index < -0.39 is 5.97 Å². The molecule has 3 aromatic heterocycles. The van der Waals surface area contributed by atoms with Crippen LogP contribution in [0.5, 0.6) is 0 Å². The molecule has 5 nitrogen and oxygen atoms in total. The molecule has 7 heteroatoms. The second-order valence-corrected chi connectivity index (χ2v) is 6.64. The van der Waals surface area contributed by atoms with Crippen LogP contribution in [0, 0.1) is 6.92 Å². The monoisotopic (exact) mass is 315 g/mol. The summed E-state index contributed by atoms with van der Waals surface area (Å²) in [6.45, 7) is 1.88. The first-order valence-corrected chi connectivity index (χ1v) is 7.85. The van der Waals surface area contributed by atoms with Crippen LogP contribution in [0.1, 0.15) is 15.4 Å². The number of rotatable bonds is 2. The van der Waals surface area contributed by atoms with Gasteiger partial charge in [-0.15, -0.1) is 11.3 Å². The van der Waals surface area contributed by atoms with Crippen LogP contribution in [0.4, 0.5) is 0 Å². The third kappa shape index (κ3) is 1.85. The molecule has 0 aliphatic rings. The highest BCUT2D eigenvalue weighted by Gasteiger charge is 2.18. The highest BCUT2D eigenvalue weighted by Crippen LogP contribution is 2.33. The molecule has 1 N–H and O–H groups in total. The Morgan fingerprint density at radius 2 is 2.10 bits per heavy atom. The van der Waals surface area contributed by atoms with Crippen molar-refractivity contribution in [3.63, 3.8) is 0 Å². The van der Waals surface area contributed by atoms with Crippen molar-refractivity contribution in [3.8, 4) is 5.13 Å². The minimum atomic E-state index is -0.911. The number of thiazole rings is 1. The highest BCUT2D eigenvalue weighted by atomic mass is 32.1. The van der Waals surface area contributed by atoms with E-state index in [0.717, 1.165) is 31.3 Å². The topological polar surface area (TPSA) is 68.0 Å². The van der Waals surface area contributed by atoms with Crippen LogP contribution in [-0.2, 0) is 0 Å². The van der Waals surface area contributed by atoms with E-state index >= 15 is 0 Å². The van der Waals surface area contributed by atoms with Crippen LogP contribution < -0.4 is 0 Å². The number of para-hydroxylation sites is 1. The number of hydrogen-bond acceptors (Lipinski definition) is 5. The Balaban J connectivity index is 1.98. The molecule has 0 unspecified atom stereocenters. The second-order valence-electron chi connectivity index (χ2n) is 4.60. The van der Waals surface area contributed by atoms with Crippen molar-refractivity contribution in [1.82, 2.24) is 14.8 Å². The maximum absolute atomic E-state index is 11.1. The maximum atomic E-state index is 11.1. The average Bonchev–Trinajstić information content (AvgIpc) is 3.13. The molecule has 0 spiro atoms. The first-order valence-electron chi connectivity index (χ1n) is 6.22. The Morgan fingerprint density at radius 3 is 2.86 bits per heavy atom. The average molecular weight is 315 g/mol. The van der Waals surface area contributed by atoms with Gasteiger partial charge in [-0.05, 0) is 25.1 Å². The number of carboxylic acid groups (broad SMARTS) is 1. The lowest BCUT2D eigenvalue weighted by molar-refractivity contribution is 0.0702. The van der Waals surface area contributed by atoms with Gasteiger partial charge in [-0.25, -0.2) is 9.78 Å². The summed E-state index contributed by atoms with van der Waals surface area (Å²) >= 11 is 2.77. The van der Waals surface area contributed by atoms with Gasteiger partial charge >= 0.3 is 5.97 Å². The number of aryl methyl sites for hydroxylation is 1. The van der Waals surface area contributed by atoms with Gasteiger partial charge in [-0.3, -0.25) is 0 Å². The Hall–Kier alpha value is -2.25. The van der Waals surface area contributed by atoms with Gasteiger partial charge < -0.3 is 5.11 Å². The largest absolute Gasteiger partial charge is 0.477 e. The van der Waals surface area contributed by atoms with Gasteiger partial charge in [0, 0.05) is 5.39 Å². The summed E-state index contributed by atoms with van der Waals surface area (Å²) in [6, 6.07) is 9.57. The van der Waals surface area contributed by atoms with E-state index in [1.165, 1.54) is 11.3 Å². The van der Waals surface area contributed by atoms with Crippen molar-refractivity contribution < 1.29 is 9.90 Å². The van der Waals surface area contributed by atoms with Crippen molar-refractivity contribution in [2.45, 2.75) is 6.92 Å². The first-order chi connectivity index (χ1) is 10.1. The van der Waals surface area contributed by atoms with E-state index in [4.69, 9.17) is 5.11 Å². The van der Waals surface area contributed by atoms with E-state index in [9.17, 15) is 4.79 Å². The molecule has 0 radical (unpaired) electrons. The van der Waals surface area contributed by atoms with Crippen molar-refractivity contribution in [2.24, 2.45) is 0 Å². The van der Waals surface area contributed by atoms with Crippen LogP contribution in [0.2, 0.25) is 0 Å². The summed E-state index contributed by atoms with van der Waals surface area (Å²) in [4.78, 5) is 16.9. The normalized spacial score (nSPS) is 11.5. The molecule has 0 fully saturated rings. The molecule has 4 aromatic rings. The fourth-order valence-corrected chi connectivity index (χ4v) is 4.22. The Kier molecular flexibility index (Phi) is 2.60. The number of carbonyl (C=O) groups is 1. The zero-order valence-electron chi connectivity index (χ0n) is 10.9. The molecule has 1 aromatic carbocycles. The van der Waals surface area contributed by atoms with Crippen LogP contribution in [0.25, 0.3) is 25.6 Å². The van der Waals surface area contributed by atoms with Gasteiger partial charge in [0.15, 0.2) is 0 Å². The quantitative estimate of drug-likeness (QED) is 0.612. The molecule has 0 aliphatic heterocycles. The number of hydrogen-bond donors (Lipinski definition) is 1. The zero-order chi connectivity index (χ0) is 14.6. The molecule has 4 rings (SSSR count). The predicted molar refractivity (Wildman–Crippen MR) is 83.8 cm³/mol. The summed E-state index contributed by atoms with van der Waals surface area (Å²) < 4.78 is 2.83. The van der Waals surface area contributed by atoms with Gasteiger partial charge in [0.25, 0.3) is 0 Å². The van der Waals surface area contributed by atoms with Crippen LogP contribution >= 0.6 is 22.7 Å². The summed E-state index contributed by atoms with van der Waals surface area (Å²) in [5.74, 6) is -0.911. The van der Waals surface area contributed by atoms with E-state index in [1.807, 2.05) is 31.2 Å². The number of aromatic carboxylic acids is 1. The predicted octanol–water partition coefficient (Wildman–Crippen LogP) is 3.70. The molecular formula is C14H9N3O2S2. The van der Waals surface area contributed by atoms with Crippen molar-refractivity contribution in [2.75, 3.05) is 0 Å². The van der Waals surface area contributed by atoms with Crippen LogP contribution in [0.15, 0.2) is 30.3 Å². The zero-order valence-corrected chi connectivity index (χ0v) is 12.5. The smallest absolute Gasteiger partial charge is 0.345 e.